The van der Waals surface area contributed by atoms with Gasteiger partial charge in [-0.2, -0.15) is 0 Å². The average Bonchev–Trinajstić information content (AvgIpc) is 3.14. The highest BCUT2D eigenvalue weighted by Gasteiger charge is 2.15. The molecule has 0 N–H and O–H groups in total. The Hall–Kier alpha value is -1.62. The van der Waals surface area contributed by atoms with Gasteiger partial charge < -0.3 is 9.30 Å². The van der Waals surface area contributed by atoms with Gasteiger partial charge in [-0.1, -0.05) is 41.4 Å². The minimum Gasteiger partial charge on any atom is -0.494 e. The minimum absolute atomic E-state index is 0.270. The van der Waals surface area contributed by atoms with Gasteiger partial charge in [-0.25, -0.2) is 4.98 Å². The molecule has 26 heavy (non-hydrogen) atoms. The highest BCUT2D eigenvalue weighted by atomic mass is 35.5. The standard InChI is InChI=1S/C20H20Cl2N2OS/c1-2-25-18-7-4-15(5-8-18)20(12-24-10-9-23-14-24)26-13-16-3-6-17(21)11-19(16)22/h3-11,14,20H,2,12-13H2,1H3. The first-order valence-electron chi connectivity index (χ1n) is 8.39. The van der Waals surface area contributed by atoms with Crippen LogP contribution in [0.15, 0.2) is 61.2 Å². The van der Waals surface area contributed by atoms with Crippen LogP contribution in [0, 0.1) is 0 Å². The van der Waals surface area contributed by atoms with Crippen LogP contribution in [0.2, 0.25) is 10.0 Å². The first-order chi connectivity index (χ1) is 12.7. The van der Waals surface area contributed by atoms with Gasteiger partial charge in [0.25, 0.3) is 0 Å². The van der Waals surface area contributed by atoms with Crippen molar-refractivity contribution in [1.29, 1.82) is 0 Å². The highest BCUT2D eigenvalue weighted by Crippen LogP contribution is 2.36. The lowest BCUT2D eigenvalue weighted by atomic mass is 10.1. The first kappa shape index (κ1) is 19.2. The molecular weight excluding hydrogens is 387 g/mol. The predicted octanol–water partition coefficient (Wildman–Crippen LogP) is 6.26. The zero-order valence-corrected chi connectivity index (χ0v) is 16.8. The topological polar surface area (TPSA) is 27.1 Å². The van der Waals surface area contributed by atoms with Crippen LogP contribution < -0.4 is 4.74 Å². The van der Waals surface area contributed by atoms with Crippen LogP contribution in [0.4, 0.5) is 0 Å². The summed E-state index contributed by atoms with van der Waals surface area (Å²) in [6, 6.07) is 14.0. The largest absolute Gasteiger partial charge is 0.494 e. The molecule has 1 heterocycles. The molecule has 0 radical (unpaired) electrons. The van der Waals surface area contributed by atoms with Gasteiger partial charge in [0.15, 0.2) is 0 Å². The van der Waals surface area contributed by atoms with E-state index in [4.69, 9.17) is 27.9 Å². The molecule has 1 atom stereocenters. The van der Waals surface area contributed by atoms with Crippen LogP contribution in [-0.4, -0.2) is 16.2 Å². The Labute approximate surface area is 168 Å². The third-order valence-electron chi connectivity index (χ3n) is 3.95. The molecule has 0 aliphatic rings. The molecule has 0 aliphatic heterocycles. The fraction of sp³-hybridized carbons (Fsp3) is 0.250. The fourth-order valence-electron chi connectivity index (χ4n) is 2.62. The normalized spacial score (nSPS) is 12.1. The van der Waals surface area contributed by atoms with Gasteiger partial charge in [0.1, 0.15) is 5.75 Å². The summed E-state index contributed by atoms with van der Waals surface area (Å²) in [5.41, 5.74) is 2.33. The molecule has 0 saturated heterocycles. The van der Waals surface area contributed by atoms with E-state index >= 15 is 0 Å². The van der Waals surface area contributed by atoms with Crippen LogP contribution in [0.25, 0.3) is 0 Å². The van der Waals surface area contributed by atoms with Crippen molar-refractivity contribution in [2.75, 3.05) is 6.61 Å². The quantitative estimate of drug-likeness (QED) is 0.441. The number of benzene rings is 2. The maximum atomic E-state index is 6.33. The molecule has 1 unspecified atom stereocenters. The van der Waals surface area contributed by atoms with E-state index in [0.717, 1.165) is 23.6 Å². The van der Waals surface area contributed by atoms with Crippen molar-refractivity contribution >= 4 is 35.0 Å². The lowest BCUT2D eigenvalue weighted by Crippen LogP contribution is -2.05. The van der Waals surface area contributed by atoms with Gasteiger partial charge in [-0.05, 0) is 42.3 Å². The highest BCUT2D eigenvalue weighted by molar-refractivity contribution is 7.98. The Morgan fingerprint density at radius 3 is 2.62 bits per heavy atom. The van der Waals surface area contributed by atoms with Gasteiger partial charge in [0.2, 0.25) is 0 Å². The van der Waals surface area contributed by atoms with Crippen molar-refractivity contribution < 1.29 is 4.74 Å². The average molecular weight is 407 g/mol. The third kappa shape index (κ3) is 5.19. The molecule has 3 aromatic rings. The van der Waals surface area contributed by atoms with Crippen LogP contribution in [0.3, 0.4) is 0 Å². The van der Waals surface area contributed by atoms with Gasteiger partial charge >= 0.3 is 0 Å². The number of hydrogen-bond donors (Lipinski definition) is 0. The van der Waals surface area contributed by atoms with E-state index in [-0.39, 0.29) is 5.25 Å². The van der Waals surface area contributed by atoms with E-state index in [9.17, 15) is 0 Å². The molecule has 0 aliphatic carbocycles. The summed E-state index contributed by atoms with van der Waals surface area (Å²) in [4.78, 5) is 4.15. The van der Waals surface area contributed by atoms with E-state index in [2.05, 4.69) is 21.7 Å². The molecule has 1 aromatic heterocycles. The molecule has 0 bridgehead atoms. The van der Waals surface area contributed by atoms with Crippen LogP contribution in [0.5, 0.6) is 5.75 Å². The van der Waals surface area contributed by atoms with Crippen molar-refractivity contribution in [3.8, 4) is 5.75 Å². The van der Waals surface area contributed by atoms with Crippen LogP contribution in [-0.2, 0) is 12.3 Å². The summed E-state index contributed by atoms with van der Waals surface area (Å²) >= 11 is 14.2. The number of rotatable bonds is 8. The fourth-order valence-corrected chi connectivity index (χ4v) is 4.43. The van der Waals surface area contributed by atoms with Gasteiger partial charge in [-0.15, -0.1) is 11.8 Å². The Balaban J connectivity index is 1.76. The number of ether oxygens (including phenoxy) is 1. The van der Waals surface area contributed by atoms with Gasteiger partial charge in [-0.3, -0.25) is 0 Å². The Morgan fingerprint density at radius 2 is 1.96 bits per heavy atom. The SMILES string of the molecule is CCOc1ccc(C(Cn2ccnc2)SCc2ccc(Cl)cc2Cl)cc1. The summed E-state index contributed by atoms with van der Waals surface area (Å²) in [6.07, 6.45) is 5.63. The van der Waals surface area contributed by atoms with E-state index in [1.54, 1.807) is 12.3 Å². The van der Waals surface area contributed by atoms with Gasteiger partial charge in [0.05, 0.1) is 12.9 Å². The van der Waals surface area contributed by atoms with Crippen LogP contribution >= 0.6 is 35.0 Å². The molecule has 6 heteroatoms. The number of halogens is 2. The molecule has 3 rings (SSSR count). The second-order valence-corrected chi connectivity index (χ2v) is 7.83. The smallest absolute Gasteiger partial charge is 0.119 e. The van der Waals surface area contributed by atoms with E-state index < -0.39 is 0 Å². The molecule has 0 saturated carbocycles. The van der Waals surface area contributed by atoms with Crippen molar-refractivity contribution in [2.45, 2.75) is 24.5 Å². The zero-order valence-electron chi connectivity index (χ0n) is 14.4. The third-order valence-corrected chi connectivity index (χ3v) is 5.84. The summed E-state index contributed by atoms with van der Waals surface area (Å²) < 4.78 is 7.65. The summed E-state index contributed by atoms with van der Waals surface area (Å²) in [5, 5.41) is 1.63. The maximum absolute atomic E-state index is 6.33. The molecular formula is C20H20Cl2N2OS. The molecule has 3 nitrogen and oxygen atoms in total. The second kappa shape index (κ2) is 9.36. The molecule has 0 fully saturated rings. The lowest BCUT2D eigenvalue weighted by Gasteiger charge is -2.19. The maximum Gasteiger partial charge on any atom is 0.119 e. The number of thioether (sulfide) groups is 1. The Kier molecular flexibility index (Phi) is 6.89. The Bertz CT molecular complexity index is 822. The van der Waals surface area contributed by atoms with Crippen molar-refractivity contribution in [2.24, 2.45) is 0 Å². The number of hydrogen-bond acceptors (Lipinski definition) is 3. The van der Waals surface area contributed by atoms with E-state index in [1.165, 1.54) is 5.56 Å². The molecule has 2 aromatic carbocycles. The molecule has 136 valence electrons. The summed E-state index contributed by atoms with van der Waals surface area (Å²) in [7, 11) is 0. The predicted molar refractivity (Wildman–Crippen MR) is 110 cm³/mol. The van der Waals surface area contributed by atoms with Crippen molar-refractivity contribution in [3.05, 3.63) is 82.4 Å². The van der Waals surface area contributed by atoms with Gasteiger partial charge in [0, 0.05) is 40.0 Å². The second-order valence-electron chi connectivity index (χ2n) is 5.80. The van der Waals surface area contributed by atoms with E-state index in [1.807, 2.05) is 55.5 Å². The number of imidazole rings is 1. The van der Waals surface area contributed by atoms with Crippen LogP contribution in [0.1, 0.15) is 23.3 Å². The molecule has 0 amide bonds. The van der Waals surface area contributed by atoms with E-state index in [0.29, 0.717) is 16.7 Å². The summed E-state index contributed by atoms with van der Waals surface area (Å²) in [5.74, 6) is 1.70. The lowest BCUT2D eigenvalue weighted by molar-refractivity contribution is 0.340. The monoisotopic (exact) mass is 406 g/mol. The number of aromatic nitrogens is 2. The molecule has 0 spiro atoms. The first-order valence-corrected chi connectivity index (χ1v) is 10.2. The van der Waals surface area contributed by atoms with Crippen molar-refractivity contribution in [1.82, 2.24) is 9.55 Å². The van der Waals surface area contributed by atoms with Crippen molar-refractivity contribution in [3.63, 3.8) is 0 Å². The number of nitrogens with zero attached hydrogens (tertiary/aromatic N) is 2. The summed E-state index contributed by atoms with van der Waals surface area (Å²) in [6.45, 7) is 3.49. The Morgan fingerprint density at radius 1 is 1.15 bits per heavy atom. The minimum atomic E-state index is 0.270. The zero-order chi connectivity index (χ0) is 18.4.